The van der Waals surface area contributed by atoms with Gasteiger partial charge in [-0.15, -0.1) is 0 Å². The first-order valence-electron chi connectivity index (χ1n) is 9.73. The molecule has 2 aromatic rings. The molecule has 2 rings (SSSR count). The van der Waals surface area contributed by atoms with Crippen molar-refractivity contribution >= 4 is 5.97 Å². The molecule has 0 saturated heterocycles. The molecular weight excluding hydrogens is 334 g/mol. The Bertz CT molecular complexity index is 730. The molecule has 0 aromatic heterocycles. The first-order chi connectivity index (χ1) is 13.0. The van der Waals surface area contributed by atoms with Crippen molar-refractivity contribution in [3.8, 4) is 16.9 Å². The quantitative estimate of drug-likeness (QED) is 0.241. The van der Waals surface area contributed by atoms with Crippen LogP contribution < -0.4 is 4.74 Å². The minimum atomic E-state index is -0.360. The van der Waals surface area contributed by atoms with E-state index in [1.807, 2.05) is 43.3 Å². The van der Waals surface area contributed by atoms with Crippen LogP contribution in [0.2, 0.25) is 0 Å². The molecule has 0 N–H and O–H groups in total. The Balaban J connectivity index is 1.92. The average Bonchev–Trinajstić information content (AvgIpc) is 2.67. The lowest BCUT2D eigenvalue weighted by Gasteiger charge is -2.11. The molecule has 0 amide bonds. The Morgan fingerprint density at radius 1 is 0.963 bits per heavy atom. The highest BCUT2D eigenvalue weighted by Crippen LogP contribution is 2.24. The second-order valence-corrected chi connectivity index (χ2v) is 7.22. The lowest BCUT2D eigenvalue weighted by molar-refractivity contribution is -0.130. The number of nitrogens with zero attached hydrogens (tertiary/aromatic N) is 1. The fraction of sp³-hybridized carbons (Fsp3) is 0.375. The van der Waals surface area contributed by atoms with Gasteiger partial charge in [0.25, 0.3) is 0 Å². The molecule has 0 aliphatic rings. The summed E-state index contributed by atoms with van der Waals surface area (Å²) in [6, 6.07) is 16.4. The molecule has 0 radical (unpaired) electrons. The second-order valence-electron chi connectivity index (χ2n) is 7.22. The van der Waals surface area contributed by atoms with Gasteiger partial charge in [0.15, 0.2) is 0 Å². The predicted octanol–water partition coefficient (Wildman–Crippen LogP) is 5.50. The van der Waals surface area contributed by atoms with Crippen molar-refractivity contribution in [1.82, 2.24) is 4.90 Å². The van der Waals surface area contributed by atoms with Gasteiger partial charge in [0.05, 0.1) is 0 Å². The van der Waals surface area contributed by atoms with E-state index in [4.69, 9.17) is 4.74 Å². The van der Waals surface area contributed by atoms with Crippen molar-refractivity contribution in [2.45, 2.75) is 39.0 Å². The van der Waals surface area contributed by atoms with E-state index in [2.05, 4.69) is 37.8 Å². The summed E-state index contributed by atoms with van der Waals surface area (Å²) in [5.74, 6) is 0.187. The van der Waals surface area contributed by atoms with Crippen molar-refractivity contribution in [2.24, 2.45) is 0 Å². The third kappa shape index (κ3) is 7.03. The van der Waals surface area contributed by atoms with E-state index in [-0.39, 0.29) is 5.97 Å². The Labute approximate surface area is 163 Å². The molecule has 2 aromatic carbocycles. The molecule has 0 spiro atoms. The number of rotatable bonds is 10. The summed E-state index contributed by atoms with van der Waals surface area (Å²) >= 11 is 0. The van der Waals surface area contributed by atoms with Gasteiger partial charge in [-0.05, 0) is 62.2 Å². The number of esters is 1. The highest BCUT2D eigenvalue weighted by molar-refractivity contribution is 5.89. The molecule has 0 saturated carbocycles. The second kappa shape index (κ2) is 10.7. The molecule has 27 heavy (non-hydrogen) atoms. The number of carbonyl (C=O) groups is 1. The van der Waals surface area contributed by atoms with Gasteiger partial charge in [-0.2, -0.15) is 0 Å². The monoisotopic (exact) mass is 365 g/mol. The lowest BCUT2D eigenvalue weighted by Crippen LogP contribution is -2.17. The zero-order valence-corrected chi connectivity index (χ0v) is 16.8. The van der Waals surface area contributed by atoms with Crippen LogP contribution in [-0.4, -0.2) is 31.5 Å². The van der Waals surface area contributed by atoms with E-state index in [9.17, 15) is 4.79 Å². The van der Waals surface area contributed by atoms with Crippen LogP contribution in [0.4, 0.5) is 0 Å². The molecular formula is C24H31NO2. The van der Waals surface area contributed by atoms with Gasteiger partial charge in [0.2, 0.25) is 0 Å². The highest BCUT2D eigenvalue weighted by Gasteiger charge is 2.10. The normalized spacial score (nSPS) is 10.8. The molecule has 0 bridgehead atoms. The van der Waals surface area contributed by atoms with Crippen molar-refractivity contribution in [3.63, 3.8) is 0 Å². The summed E-state index contributed by atoms with van der Waals surface area (Å²) in [6.45, 7) is 6.83. The molecule has 0 aliphatic heterocycles. The van der Waals surface area contributed by atoms with Gasteiger partial charge in [-0.25, -0.2) is 4.79 Å². The molecule has 0 unspecified atom stereocenters. The first kappa shape index (κ1) is 20.9. The van der Waals surface area contributed by atoms with Crippen LogP contribution in [0.1, 0.15) is 38.2 Å². The third-order valence-electron chi connectivity index (χ3n) is 4.57. The number of ether oxygens (including phenoxy) is 1. The molecule has 0 heterocycles. The van der Waals surface area contributed by atoms with Crippen molar-refractivity contribution in [1.29, 1.82) is 0 Å². The molecule has 144 valence electrons. The van der Waals surface area contributed by atoms with Gasteiger partial charge in [-0.1, -0.05) is 62.7 Å². The summed E-state index contributed by atoms with van der Waals surface area (Å²) in [6.07, 6.45) is 5.52. The zero-order valence-electron chi connectivity index (χ0n) is 16.8. The minimum absolute atomic E-state index is 0.360. The van der Waals surface area contributed by atoms with Crippen LogP contribution in [-0.2, 0) is 11.2 Å². The Morgan fingerprint density at radius 2 is 1.56 bits per heavy atom. The fourth-order valence-corrected chi connectivity index (χ4v) is 2.80. The van der Waals surface area contributed by atoms with E-state index >= 15 is 0 Å². The largest absolute Gasteiger partial charge is 0.423 e. The standard InChI is InChI=1S/C24H31NO2/c1-5-6-7-8-20-9-11-21(12-10-20)22-13-15-23(16-14-22)27-24(26)19(2)17-18-25(3)4/h9-16H,2,5-8,17-18H2,1,3-4H3. The van der Waals surface area contributed by atoms with E-state index in [0.29, 0.717) is 17.7 Å². The van der Waals surface area contributed by atoms with Gasteiger partial charge in [0, 0.05) is 12.1 Å². The summed E-state index contributed by atoms with van der Waals surface area (Å²) in [5.41, 5.74) is 4.16. The SMILES string of the molecule is C=C(CCN(C)C)C(=O)Oc1ccc(-c2ccc(CCCCC)cc2)cc1. The minimum Gasteiger partial charge on any atom is -0.423 e. The number of aryl methyl sites for hydroxylation is 1. The van der Waals surface area contributed by atoms with Crippen molar-refractivity contribution in [3.05, 3.63) is 66.2 Å². The van der Waals surface area contributed by atoms with Crippen molar-refractivity contribution in [2.75, 3.05) is 20.6 Å². The smallest absolute Gasteiger partial charge is 0.338 e. The van der Waals surface area contributed by atoms with Gasteiger partial charge >= 0.3 is 5.97 Å². The molecule has 3 nitrogen and oxygen atoms in total. The number of benzene rings is 2. The van der Waals surface area contributed by atoms with Crippen LogP contribution in [0.5, 0.6) is 5.75 Å². The van der Waals surface area contributed by atoms with Crippen LogP contribution >= 0.6 is 0 Å². The fourth-order valence-electron chi connectivity index (χ4n) is 2.80. The number of hydrogen-bond donors (Lipinski definition) is 0. The summed E-state index contributed by atoms with van der Waals surface area (Å²) in [7, 11) is 3.93. The Morgan fingerprint density at radius 3 is 2.11 bits per heavy atom. The molecule has 0 atom stereocenters. The highest BCUT2D eigenvalue weighted by atomic mass is 16.5. The van der Waals surface area contributed by atoms with E-state index < -0.39 is 0 Å². The summed E-state index contributed by atoms with van der Waals surface area (Å²) < 4.78 is 5.42. The third-order valence-corrected chi connectivity index (χ3v) is 4.57. The van der Waals surface area contributed by atoms with Crippen molar-refractivity contribution < 1.29 is 9.53 Å². The molecule has 0 fully saturated rings. The number of hydrogen-bond acceptors (Lipinski definition) is 3. The van der Waals surface area contributed by atoms with E-state index in [1.54, 1.807) is 0 Å². The maximum atomic E-state index is 12.1. The molecule has 0 aliphatic carbocycles. The zero-order chi connectivity index (χ0) is 19.6. The first-order valence-corrected chi connectivity index (χ1v) is 9.73. The van der Waals surface area contributed by atoms with Crippen LogP contribution in [0, 0.1) is 0 Å². The maximum Gasteiger partial charge on any atom is 0.338 e. The van der Waals surface area contributed by atoms with Gasteiger partial charge in [0.1, 0.15) is 5.75 Å². The average molecular weight is 366 g/mol. The number of carbonyl (C=O) groups excluding carboxylic acids is 1. The molecule has 3 heteroatoms. The lowest BCUT2D eigenvalue weighted by atomic mass is 10.0. The number of unbranched alkanes of at least 4 members (excludes halogenated alkanes) is 2. The van der Waals surface area contributed by atoms with E-state index in [1.165, 1.54) is 30.4 Å². The maximum absolute atomic E-state index is 12.1. The van der Waals surface area contributed by atoms with Crippen LogP contribution in [0.25, 0.3) is 11.1 Å². The Hall–Kier alpha value is -2.39. The van der Waals surface area contributed by atoms with Gasteiger partial charge in [-0.3, -0.25) is 0 Å². The van der Waals surface area contributed by atoms with Crippen LogP contribution in [0.15, 0.2) is 60.7 Å². The van der Waals surface area contributed by atoms with E-state index in [0.717, 1.165) is 18.5 Å². The van der Waals surface area contributed by atoms with Gasteiger partial charge < -0.3 is 9.64 Å². The predicted molar refractivity (Wildman–Crippen MR) is 113 cm³/mol. The van der Waals surface area contributed by atoms with Crippen LogP contribution in [0.3, 0.4) is 0 Å². The Kier molecular flexibility index (Phi) is 8.28. The summed E-state index contributed by atoms with van der Waals surface area (Å²) in [4.78, 5) is 14.1. The summed E-state index contributed by atoms with van der Waals surface area (Å²) in [5, 5.41) is 0. The topological polar surface area (TPSA) is 29.5 Å².